The van der Waals surface area contributed by atoms with Crippen LogP contribution in [0, 0.1) is 18.7 Å². The van der Waals surface area contributed by atoms with Gasteiger partial charge in [-0.1, -0.05) is 44.9 Å². The van der Waals surface area contributed by atoms with E-state index in [1.54, 1.807) is 18.2 Å². The van der Waals surface area contributed by atoms with E-state index in [9.17, 15) is 9.18 Å². The SMILES string of the molecule is Cc1cc(NC(=O)C2(c3ccccc3F)CCCC2)ccc1OCC(C)C. The lowest BCUT2D eigenvalue weighted by Crippen LogP contribution is -2.38. The normalized spacial score (nSPS) is 15.7. The number of rotatable bonds is 6. The Morgan fingerprint density at radius 2 is 1.89 bits per heavy atom. The van der Waals surface area contributed by atoms with Gasteiger partial charge in [0.2, 0.25) is 5.91 Å². The number of anilines is 1. The molecule has 0 aromatic heterocycles. The van der Waals surface area contributed by atoms with Gasteiger partial charge in [0, 0.05) is 11.3 Å². The molecule has 0 spiro atoms. The Labute approximate surface area is 160 Å². The van der Waals surface area contributed by atoms with Crippen LogP contribution in [-0.4, -0.2) is 12.5 Å². The van der Waals surface area contributed by atoms with Crippen LogP contribution in [0.4, 0.5) is 10.1 Å². The number of ether oxygens (including phenoxy) is 1. The standard InChI is InChI=1S/C23H28FNO2/c1-16(2)15-27-21-11-10-18(14-17(21)3)25-22(26)23(12-6-7-13-23)19-8-4-5-9-20(19)24/h4-5,8-11,14,16H,6-7,12-13,15H2,1-3H3,(H,25,26). The molecule has 0 aliphatic heterocycles. The molecule has 1 aliphatic rings. The van der Waals surface area contributed by atoms with Gasteiger partial charge in [0.25, 0.3) is 0 Å². The van der Waals surface area contributed by atoms with Gasteiger partial charge < -0.3 is 10.1 Å². The van der Waals surface area contributed by atoms with Crippen molar-refractivity contribution in [1.29, 1.82) is 0 Å². The molecule has 0 unspecified atom stereocenters. The number of benzene rings is 2. The van der Waals surface area contributed by atoms with Crippen molar-refractivity contribution in [2.75, 3.05) is 11.9 Å². The van der Waals surface area contributed by atoms with Crippen molar-refractivity contribution < 1.29 is 13.9 Å². The van der Waals surface area contributed by atoms with Gasteiger partial charge in [0.05, 0.1) is 12.0 Å². The third-order valence-electron chi connectivity index (χ3n) is 5.29. The smallest absolute Gasteiger partial charge is 0.235 e. The topological polar surface area (TPSA) is 38.3 Å². The largest absolute Gasteiger partial charge is 0.493 e. The van der Waals surface area contributed by atoms with Gasteiger partial charge in [-0.15, -0.1) is 0 Å². The van der Waals surface area contributed by atoms with E-state index < -0.39 is 5.41 Å². The highest BCUT2D eigenvalue weighted by molar-refractivity contribution is 5.99. The number of carbonyl (C=O) groups excluding carboxylic acids is 1. The van der Waals surface area contributed by atoms with Crippen molar-refractivity contribution in [1.82, 2.24) is 0 Å². The molecular formula is C23H28FNO2. The van der Waals surface area contributed by atoms with Crippen LogP contribution in [0.1, 0.15) is 50.7 Å². The van der Waals surface area contributed by atoms with Crippen molar-refractivity contribution in [2.24, 2.45) is 5.92 Å². The maximum atomic E-state index is 14.5. The van der Waals surface area contributed by atoms with Gasteiger partial charge in [0.15, 0.2) is 0 Å². The summed E-state index contributed by atoms with van der Waals surface area (Å²) >= 11 is 0. The molecule has 1 N–H and O–H groups in total. The average molecular weight is 369 g/mol. The van der Waals surface area contributed by atoms with Crippen LogP contribution in [-0.2, 0) is 10.2 Å². The second-order valence-electron chi connectivity index (χ2n) is 7.91. The summed E-state index contributed by atoms with van der Waals surface area (Å²) < 4.78 is 20.3. The zero-order valence-electron chi connectivity index (χ0n) is 16.3. The fourth-order valence-electron chi connectivity index (χ4n) is 3.84. The minimum Gasteiger partial charge on any atom is -0.493 e. The summed E-state index contributed by atoms with van der Waals surface area (Å²) in [5, 5.41) is 3.02. The Morgan fingerprint density at radius 3 is 2.52 bits per heavy atom. The maximum Gasteiger partial charge on any atom is 0.235 e. The first-order chi connectivity index (χ1) is 12.9. The monoisotopic (exact) mass is 369 g/mol. The molecule has 0 bridgehead atoms. The maximum absolute atomic E-state index is 14.5. The Kier molecular flexibility index (Phi) is 5.83. The number of halogens is 1. The fraction of sp³-hybridized carbons (Fsp3) is 0.435. The summed E-state index contributed by atoms with van der Waals surface area (Å²) in [6.45, 7) is 6.83. The predicted molar refractivity (Wildman–Crippen MR) is 107 cm³/mol. The van der Waals surface area contributed by atoms with Crippen molar-refractivity contribution >= 4 is 11.6 Å². The lowest BCUT2D eigenvalue weighted by molar-refractivity contribution is -0.121. The quantitative estimate of drug-likeness (QED) is 0.718. The molecule has 1 fully saturated rings. The first-order valence-electron chi connectivity index (χ1n) is 9.72. The molecule has 1 amide bonds. The molecule has 1 saturated carbocycles. The van der Waals surface area contributed by atoms with E-state index in [1.165, 1.54) is 6.07 Å². The van der Waals surface area contributed by atoms with Crippen LogP contribution in [0.3, 0.4) is 0 Å². The van der Waals surface area contributed by atoms with Gasteiger partial charge in [-0.2, -0.15) is 0 Å². The van der Waals surface area contributed by atoms with Crippen molar-refractivity contribution in [3.05, 3.63) is 59.4 Å². The second kappa shape index (κ2) is 8.12. The zero-order valence-corrected chi connectivity index (χ0v) is 16.3. The van der Waals surface area contributed by atoms with Crippen molar-refractivity contribution in [2.45, 2.75) is 51.9 Å². The van der Waals surface area contributed by atoms with Crippen LogP contribution >= 0.6 is 0 Å². The second-order valence-corrected chi connectivity index (χ2v) is 7.91. The summed E-state index contributed by atoms with van der Waals surface area (Å²) in [5.41, 5.74) is 1.41. The number of amides is 1. The van der Waals surface area contributed by atoms with Crippen LogP contribution in [0.15, 0.2) is 42.5 Å². The molecule has 2 aromatic rings. The molecular weight excluding hydrogens is 341 g/mol. The van der Waals surface area contributed by atoms with Gasteiger partial charge in [-0.25, -0.2) is 4.39 Å². The highest BCUT2D eigenvalue weighted by Gasteiger charge is 2.44. The third kappa shape index (κ3) is 4.15. The molecule has 0 heterocycles. The minimum absolute atomic E-state index is 0.125. The zero-order chi connectivity index (χ0) is 19.4. The third-order valence-corrected chi connectivity index (χ3v) is 5.29. The van der Waals surface area contributed by atoms with E-state index in [2.05, 4.69) is 19.2 Å². The lowest BCUT2D eigenvalue weighted by atomic mass is 9.77. The van der Waals surface area contributed by atoms with Crippen LogP contribution in [0.5, 0.6) is 5.75 Å². The van der Waals surface area contributed by atoms with Crippen LogP contribution in [0.25, 0.3) is 0 Å². The number of hydrogen-bond acceptors (Lipinski definition) is 2. The van der Waals surface area contributed by atoms with Gasteiger partial charge in [-0.3, -0.25) is 4.79 Å². The first-order valence-corrected chi connectivity index (χ1v) is 9.72. The van der Waals surface area contributed by atoms with Crippen LogP contribution < -0.4 is 10.1 Å². The fourth-order valence-corrected chi connectivity index (χ4v) is 3.84. The van der Waals surface area contributed by atoms with E-state index >= 15 is 0 Å². The summed E-state index contributed by atoms with van der Waals surface area (Å²) in [5.74, 6) is 0.849. The number of nitrogens with one attached hydrogen (secondary N) is 1. The number of hydrogen-bond donors (Lipinski definition) is 1. The summed E-state index contributed by atoms with van der Waals surface area (Å²) in [4.78, 5) is 13.2. The average Bonchev–Trinajstić information content (AvgIpc) is 3.12. The number of carbonyl (C=O) groups is 1. The minimum atomic E-state index is -0.786. The van der Waals surface area contributed by atoms with Gasteiger partial charge in [0.1, 0.15) is 11.6 Å². The molecule has 144 valence electrons. The van der Waals surface area contributed by atoms with Crippen molar-refractivity contribution in [3.63, 3.8) is 0 Å². The van der Waals surface area contributed by atoms with Gasteiger partial charge >= 0.3 is 0 Å². The first kappa shape index (κ1) is 19.4. The summed E-state index contributed by atoms with van der Waals surface area (Å²) in [6, 6.07) is 12.3. The summed E-state index contributed by atoms with van der Waals surface area (Å²) in [6.07, 6.45) is 3.22. The number of aryl methyl sites for hydroxylation is 1. The molecule has 2 aromatic carbocycles. The predicted octanol–water partition coefficient (Wildman–Crippen LogP) is 5.62. The molecule has 0 saturated heterocycles. The molecule has 3 nitrogen and oxygen atoms in total. The summed E-state index contributed by atoms with van der Waals surface area (Å²) in [7, 11) is 0. The lowest BCUT2D eigenvalue weighted by Gasteiger charge is -2.29. The van der Waals surface area contributed by atoms with Crippen molar-refractivity contribution in [3.8, 4) is 5.75 Å². The Bertz CT molecular complexity index is 810. The van der Waals surface area contributed by atoms with E-state index in [0.29, 0.717) is 30.9 Å². The van der Waals surface area contributed by atoms with Gasteiger partial charge in [-0.05, 0) is 55.5 Å². The molecule has 0 radical (unpaired) electrons. The molecule has 3 rings (SSSR count). The Morgan fingerprint density at radius 1 is 1.19 bits per heavy atom. The highest BCUT2D eigenvalue weighted by Crippen LogP contribution is 2.43. The van der Waals surface area contributed by atoms with E-state index in [4.69, 9.17) is 4.74 Å². The molecule has 27 heavy (non-hydrogen) atoms. The molecule has 0 atom stereocenters. The van der Waals surface area contributed by atoms with E-state index in [-0.39, 0.29) is 11.7 Å². The highest BCUT2D eigenvalue weighted by atomic mass is 19.1. The molecule has 1 aliphatic carbocycles. The molecule has 4 heteroatoms. The Balaban J connectivity index is 1.81. The van der Waals surface area contributed by atoms with E-state index in [0.717, 1.165) is 29.8 Å². The van der Waals surface area contributed by atoms with Crippen LogP contribution in [0.2, 0.25) is 0 Å². The Hall–Kier alpha value is -2.36. The van der Waals surface area contributed by atoms with E-state index in [1.807, 2.05) is 25.1 Å².